The molecule has 3 aromatic rings. The van der Waals surface area contributed by atoms with E-state index in [1.807, 2.05) is 18.2 Å². The number of fused-ring (bicyclic) bond motifs is 1. The fraction of sp³-hybridized carbons (Fsp3) is 0.200. The summed E-state index contributed by atoms with van der Waals surface area (Å²) in [5.74, 6) is 0.704. The zero-order valence-corrected chi connectivity index (χ0v) is 13.4. The highest BCUT2D eigenvalue weighted by Crippen LogP contribution is 2.33. The molecular formula is C15H13Cl2NOS. The van der Waals surface area contributed by atoms with Crippen molar-refractivity contribution < 1.29 is 4.74 Å². The Labute approximate surface area is 131 Å². The van der Waals surface area contributed by atoms with Crippen molar-refractivity contribution in [3.05, 3.63) is 50.3 Å². The highest BCUT2D eigenvalue weighted by Gasteiger charge is 2.11. The van der Waals surface area contributed by atoms with E-state index >= 15 is 0 Å². The quantitative estimate of drug-likeness (QED) is 0.631. The van der Waals surface area contributed by atoms with E-state index in [1.165, 1.54) is 10.6 Å². The van der Waals surface area contributed by atoms with E-state index in [0.717, 1.165) is 21.8 Å². The summed E-state index contributed by atoms with van der Waals surface area (Å²) in [7, 11) is 1.63. The van der Waals surface area contributed by atoms with E-state index in [9.17, 15) is 0 Å². The number of methoxy groups -OCH3 is 1. The van der Waals surface area contributed by atoms with Crippen LogP contribution in [0.3, 0.4) is 0 Å². The van der Waals surface area contributed by atoms with Gasteiger partial charge in [0.1, 0.15) is 5.75 Å². The number of aromatic nitrogens is 1. The SMILES string of the molecule is COc1cc2cc(C)n(Cc3ccc(Cl)s3)c2cc1Cl. The van der Waals surface area contributed by atoms with E-state index in [1.54, 1.807) is 18.4 Å². The number of halogens is 2. The number of rotatable bonds is 3. The number of ether oxygens (including phenoxy) is 1. The lowest BCUT2D eigenvalue weighted by atomic mass is 10.2. The minimum atomic E-state index is 0.628. The first-order valence-corrected chi connectivity index (χ1v) is 7.73. The third kappa shape index (κ3) is 2.41. The summed E-state index contributed by atoms with van der Waals surface area (Å²) in [5.41, 5.74) is 2.30. The smallest absolute Gasteiger partial charge is 0.138 e. The third-order valence-electron chi connectivity index (χ3n) is 3.32. The van der Waals surface area contributed by atoms with Gasteiger partial charge in [-0.2, -0.15) is 0 Å². The number of hydrogen-bond acceptors (Lipinski definition) is 2. The Morgan fingerprint density at radius 1 is 1.20 bits per heavy atom. The molecule has 2 nitrogen and oxygen atoms in total. The van der Waals surface area contributed by atoms with Crippen LogP contribution < -0.4 is 4.74 Å². The second-order valence-corrected chi connectivity index (χ2v) is 6.83. The first-order valence-electron chi connectivity index (χ1n) is 6.16. The number of hydrogen-bond donors (Lipinski definition) is 0. The highest BCUT2D eigenvalue weighted by molar-refractivity contribution is 7.16. The molecule has 2 aromatic heterocycles. The van der Waals surface area contributed by atoms with Crippen LogP contribution in [0.15, 0.2) is 30.3 Å². The maximum absolute atomic E-state index is 6.23. The molecule has 20 heavy (non-hydrogen) atoms. The molecule has 0 amide bonds. The summed E-state index contributed by atoms with van der Waals surface area (Å²) in [6, 6.07) is 10.1. The molecule has 2 heterocycles. The molecular weight excluding hydrogens is 313 g/mol. The minimum absolute atomic E-state index is 0.628. The summed E-state index contributed by atoms with van der Waals surface area (Å²) in [5, 5.41) is 1.76. The van der Waals surface area contributed by atoms with Crippen LogP contribution in [0, 0.1) is 6.92 Å². The van der Waals surface area contributed by atoms with Crippen molar-refractivity contribution in [2.75, 3.05) is 7.11 Å². The molecule has 0 bridgehead atoms. The molecule has 0 fully saturated rings. The Hall–Kier alpha value is -1.16. The third-order valence-corrected chi connectivity index (χ3v) is 4.84. The molecule has 0 aliphatic carbocycles. The van der Waals surface area contributed by atoms with Crippen LogP contribution in [0.1, 0.15) is 10.6 Å². The van der Waals surface area contributed by atoms with E-state index < -0.39 is 0 Å². The molecule has 5 heteroatoms. The van der Waals surface area contributed by atoms with Crippen molar-refractivity contribution in [1.82, 2.24) is 4.57 Å². The van der Waals surface area contributed by atoms with Gasteiger partial charge in [-0.3, -0.25) is 0 Å². The molecule has 1 aromatic carbocycles. The Balaban J connectivity index is 2.10. The van der Waals surface area contributed by atoms with Gasteiger partial charge in [0.15, 0.2) is 0 Å². The van der Waals surface area contributed by atoms with Crippen molar-refractivity contribution in [3.63, 3.8) is 0 Å². The Kier molecular flexibility index (Phi) is 3.67. The van der Waals surface area contributed by atoms with Crippen molar-refractivity contribution in [2.45, 2.75) is 13.5 Å². The van der Waals surface area contributed by atoms with Gasteiger partial charge in [-0.15, -0.1) is 11.3 Å². The maximum Gasteiger partial charge on any atom is 0.138 e. The molecule has 0 spiro atoms. The lowest BCUT2D eigenvalue weighted by molar-refractivity contribution is 0.415. The standard InChI is InChI=1S/C15H13Cl2NOS/c1-9-5-10-6-14(19-2)12(16)7-13(10)18(9)8-11-3-4-15(17)20-11/h3-7H,8H2,1-2H3. The highest BCUT2D eigenvalue weighted by atomic mass is 35.5. The molecule has 0 unspecified atom stereocenters. The average Bonchev–Trinajstić information content (AvgIpc) is 2.94. The van der Waals surface area contributed by atoms with Crippen LogP contribution in [-0.2, 0) is 6.54 Å². The summed E-state index contributed by atoms with van der Waals surface area (Å²) in [6.45, 7) is 2.89. The van der Waals surface area contributed by atoms with Gasteiger partial charge in [-0.25, -0.2) is 0 Å². The second-order valence-electron chi connectivity index (χ2n) is 4.62. The van der Waals surface area contributed by atoms with Crippen molar-refractivity contribution >= 4 is 45.4 Å². The van der Waals surface area contributed by atoms with Crippen molar-refractivity contribution in [3.8, 4) is 5.75 Å². The van der Waals surface area contributed by atoms with Crippen LogP contribution in [0.5, 0.6) is 5.75 Å². The first-order chi connectivity index (χ1) is 9.58. The zero-order chi connectivity index (χ0) is 14.3. The largest absolute Gasteiger partial charge is 0.495 e. The lowest BCUT2D eigenvalue weighted by Crippen LogP contribution is -1.99. The second kappa shape index (κ2) is 5.32. The normalized spacial score (nSPS) is 11.2. The van der Waals surface area contributed by atoms with Gasteiger partial charge in [0.2, 0.25) is 0 Å². The van der Waals surface area contributed by atoms with E-state index in [0.29, 0.717) is 10.8 Å². The number of nitrogens with zero attached hydrogens (tertiary/aromatic N) is 1. The van der Waals surface area contributed by atoms with Crippen LogP contribution in [0.2, 0.25) is 9.36 Å². The summed E-state index contributed by atoms with van der Waals surface area (Å²) < 4.78 is 8.32. The molecule has 0 saturated heterocycles. The van der Waals surface area contributed by atoms with Crippen LogP contribution >= 0.6 is 34.5 Å². The molecule has 0 aliphatic heterocycles. The lowest BCUT2D eigenvalue weighted by Gasteiger charge is -2.08. The van der Waals surface area contributed by atoms with E-state index in [4.69, 9.17) is 27.9 Å². The molecule has 0 radical (unpaired) electrons. The number of aryl methyl sites for hydroxylation is 1. The Morgan fingerprint density at radius 3 is 2.65 bits per heavy atom. The zero-order valence-electron chi connectivity index (χ0n) is 11.1. The van der Waals surface area contributed by atoms with Crippen LogP contribution in [-0.4, -0.2) is 11.7 Å². The van der Waals surface area contributed by atoms with Gasteiger partial charge < -0.3 is 9.30 Å². The minimum Gasteiger partial charge on any atom is -0.495 e. The summed E-state index contributed by atoms with van der Waals surface area (Å²) in [6.07, 6.45) is 0. The van der Waals surface area contributed by atoms with Gasteiger partial charge >= 0.3 is 0 Å². The molecule has 0 saturated carbocycles. The predicted octanol–water partition coefficient (Wildman–Crippen LogP) is 5.37. The number of thiophene rings is 1. The average molecular weight is 326 g/mol. The van der Waals surface area contributed by atoms with Gasteiger partial charge in [0.25, 0.3) is 0 Å². The fourth-order valence-corrected chi connectivity index (χ4v) is 3.67. The molecule has 0 aliphatic rings. The molecule has 3 rings (SSSR count). The molecule has 0 atom stereocenters. The van der Waals surface area contributed by atoms with Gasteiger partial charge in [-0.05, 0) is 37.3 Å². The van der Waals surface area contributed by atoms with E-state index in [-0.39, 0.29) is 0 Å². The van der Waals surface area contributed by atoms with Crippen molar-refractivity contribution in [2.24, 2.45) is 0 Å². The van der Waals surface area contributed by atoms with Gasteiger partial charge in [-0.1, -0.05) is 23.2 Å². The number of benzene rings is 1. The van der Waals surface area contributed by atoms with E-state index in [2.05, 4.69) is 23.6 Å². The van der Waals surface area contributed by atoms with Crippen LogP contribution in [0.25, 0.3) is 10.9 Å². The predicted molar refractivity (Wildman–Crippen MR) is 86.7 cm³/mol. The van der Waals surface area contributed by atoms with Gasteiger partial charge in [0.05, 0.1) is 28.5 Å². The first kappa shape index (κ1) is 13.8. The maximum atomic E-state index is 6.23. The molecule has 104 valence electrons. The van der Waals surface area contributed by atoms with Gasteiger partial charge in [0, 0.05) is 16.0 Å². The topological polar surface area (TPSA) is 14.2 Å². The summed E-state index contributed by atoms with van der Waals surface area (Å²) >= 11 is 13.8. The fourth-order valence-electron chi connectivity index (χ4n) is 2.36. The Bertz CT molecular complexity index is 776. The monoisotopic (exact) mass is 325 g/mol. The van der Waals surface area contributed by atoms with Crippen LogP contribution in [0.4, 0.5) is 0 Å². The van der Waals surface area contributed by atoms with Crippen molar-refractivity contribution in [1.29, 1.82) is 0 Å². The Morgan fingerprint density at radius 2 is 2.00 bits per heavy atom. The summed E-state index contributed by atoms with van der Waals surface area (Å²) in [4.78, 5) is 1.22. The molecule has 0 N–H and O–H groups in total.